The lowest BCUT2D eigenvalue weighted by Gasteiger charge is -2.33. The van der Waals surface area contributed by atoms with Crippen molar-refractivity contribution in [3.8, 4) is 0 Å². The summed E-state index contributed by atoms with van der Waals surface area (Å²) in [5.41, 5.74) is 1.88. The Morgan fingerprint density at radius 3 is 2.19 bits per heavy atom. The number of benzene rings is 2. The van der Waals surface area contributed by atoms with Gasteiger partial charge in [-0.1, -0.05) is 31.0 Å². The van der Waals surface area contributed by atoms with Crippen LogP contribution in [0.2, 0.25) is 0 Å². The van der Waals surface area contributed by atoms with Crippen molar-refractivity contribution in [2.45, 2.75) is 44.2 Å². The Morgan fingerprint density at radius 2 is 1.52 bits per heavy atom. The van der Waals surface area contributed by atoms with Crippen LogP contribution in [0.25, 0.3) is 0 Å². The molecule has 31 heavy (non-hydrogen) atoms. The highest BCUT2D eigenvalue weighted by atomic mass is 16.2. The molecule has 2 aliphatic rings. The van der Waals surface area contributed by atoms with Gasteiger partial charge in [0.2, 0.25) is 5.91 Å². The summed E-state index contributed by atoms with van der Waals surface area (Å²) in [5, 5.41) is 8.14. The highest BCUT2D eigenvalue weighted by Gasteiger charge is 2.47. The van der Waals surface area contributed by atoms with Crippen LogP contribution in [0.4, 0.5) is 16.2 Å². The number of carbonyl (C=O) groups is 3. The molecule has 2 aromatic carbocycles. The van der Waals surface area contributed by atoms with Gasteiger partial charge in [0.15, 0.2) is 0 Å². The van der Waals surface area contributed by atoms with Crippen LogP contribution in [0, 0.1) is 5.92 Å². The van der Waals surface area contributed by atoms with Gasteiger partial charge in [-0.25, -0.2) is 4.79 Å². The summed E-state index contributed by atoms with van der Waals surface area (Å²) in [5.74, 6) is 0.141. The molecule has 0 spiro atoms. The van der Waals surface area contributed by atoms with E-state index in [0.717, 1.165) is 25.7 Å². The van der Waals surface area contributed by atoms with E-state index >= 15 is 0 Å². The van der Waals surface area contributed by atoms with Crippen molar-refractivity contribution >= 4 is 29.2 Å². The van der Waals surface area contributed by atoms with Gasteiger partial charge in [0.05, 0.1) is 0 Å². The second kappa shape index (κ2) is 9.20. The zero-order valence-electron chi connectivity index (χ0n) is 17.6. The molecular weight excluding hydrogens is 392 g/mol. The van der Waals surface area contributed by atoms with Crippen LogP contribution in [0.3, 0.4) is 0 Å². The maximum Gasteiger partial charge on any atom is 0.318 e. The summed E-state index contributed by atoms with van der Waals surface area (Å²) in [6, 6.07) is 15.5. The van der Waals surface area contributed by atoms with Crippen LogP contribution >= 0.6 is 0 Å². The van der Waals surface area contributed by atoms with E-state index in [9.17, 15) is 14.4 Å². The molecule has 1 saturated heterocycles. The molecule has 1 saturated carbocycles. The van der Waals surface area contributed by atoms with Crippen LogP contribution < -0.4 is 16.0 Å². The fourth-order valence-electron chi connectivity index (χ4n) is 4.77. The van der Waals surface area contributed by atoms with Crippen molar-refractivity contribution in [3.63, 3.8) is 0 Å². The standard InChI is InChI=1S/C24H28N4O3/c1-25-24(31)27-19-13-11-18(12-14-19)26-22(29)21-15-17-9-5-6-10-20(17)28(21)23(30)16-7-3-2-4-8-16/h2-4,7-8,11-14,17,20-21H,5-6,9-10,15H2,1H3,(H,26,29)(H2,25,27,31). The number of amides is 4. The molecule has 1 heterocycles. The molecule has 162 valence electrons. The SMILES string of the molecule is CNC(=O)Nc1ccc(NC(=O)C2CC3CCCCC3N2C(=O)c2ccccc2)cc1. The number of nitrogens with zero attached hydrogens (tertiary/aromatic N) is 1. The van der Waals surface area contributed by atoms with E-state index < -0.39 is 6.04 Å². The molecule has 0 bridgehead atoms. The van der Waals surface area contributed by atoms with Crippen molar-refractivity contribution in [1.82, 2.24) is 10.2 Å². The third kappa shape index (κ3) is 4.55. The van der Waals surface area contributed by atoms with Crippen molar-refractivity contribution in [3.05, 3.63) is 60.2 Å². The van der Waals surface area contributed by atoms with Gasteiger partial charge < -0.3 is 20.9 Å². The average molecular weight is 421 g/mol. The summed E-state index contributed by atoms with van der Waals surface area (Å²) < 4.78 is 0. The molecule has 2 aromatic rings. The van der Waals surface area contributed by atoms with Gasteiger partial charge >= 0.3 is 6.03 Å². The normalized spacial score (nSPS) is 22.4. The number of hydrogen-bond donors (Lipinski definition) is 3. The number of hydrogen-bond acceptors (Lipinski definition) is 3. The first-order chi connectivity index (χ1) is 15.1. The minimum Gasteiger partial charge on any atom is -0.341 e. The van der Waals surface area contributed by atoms with Gasteiger partial charge in [0.25, 0.3) is 5.91 Å². The zero-order chi connectivity index (χ0) is 21.8. The number of urea groups is 1. The smallest absolute Gasteiger partial charge is 0.318 e. The van der Waals surface area contributed by atoms with Gasteiger partial charge in [0, 0.05) is 30.0 Å². The molecule has 1 aliphatic carbocycles. The highest BCUT2D eigenvalue weighted by molar-refractivity contribution is 6.02. The first-order valence-electron chi connectivity index (χ1n) is 10.8. The first-order valence-corrected chi connectivity index (χ1v) is 10.8. The number of rotatable bonds is 4. The fraction of sp³-hybridized carbons (Fsp3) is 0.375. The van der Waals surface area contributed by atoms with E-state index in [4.69, 9.17) is 0 Å². The zero-order valence-corrected chi connectivity index (χ0v) is 17.6. The lowest BCUT2D eigenvalue weighted by Crippen LogP contribution is -2.47. The van der Waals surface area contributed by atoms with Crippen LogP contribution in [0.15, 0.2) is 54.6 Å². The summed E-state index contributed by atoms with van der Waals surface area (Å²) >= 11 is 0. The Balaban J connectivity index is 1.51. The Labute approximate surface area is 182 Å². The number of nitrogens with one attached hydrogen (secondary N) is 3. The summed E-state index contributed by atoms with van der Waals surface area (Å²) in [7, 11) is 1.55. The molecular formula is C24H28N4O3. The maximum atomic E-state index is 13.3. The lowest BCUT2D eigenvalue weighted by molar-refractivity contribution is -0.120. The molecule has 0 aromatic heterocycles. The average Bonchev–Trinajstić information content (AvgIpc) is 3.20. The van der Waals surface area contributed by atoms with Gasteiger partial charge in [0.1, 0.15) is 6.04 Å². The van der Waals surface area contributed by atoms with E-state index in [0.29, 0.717) is 29.3 Å². The van der Waals surface area contributed by atoms with Gasteiger partial charge in [-0.2, -0.15) is 0 Å². The van der Waals surface area contributed by atoms with Crippen LogP contribution in [-0.4, -0.2) is 41.9 Å². The first kappa shape index (κ1) is 20.9. The molecule has 3 N–H and O–H groups in total. The number of likely N-dealkylation sites (tertiary alicyclic amines) is 1. The van der Waals surface area contributed by atoms with E-state index in [1.807, 2.05) is 35.2 Å². The summed E-state index contributed by atoms with van der Waals surface area (Å²) in [6.07, 6.45) is 4.96. The molecule has 7 heteroatoms. The molecule has 3 unspecified atom stereocenters. The second-order valence-electron chi connectivity index (χ2n) is 8.21. The third-order valence-corrected chi connectivity index (χ3v) is 6.28. The van der Waals surface area contributed by atoms with Crippen LogP contribution in [0.1, 0.15) is 42.5 Å². The number of anilines is 2. The van der Waals surface area contributed by atoms with E-state index in [1.54, 1.807) is 31.3 Å². The molecule has 1 aliphatic heterocycles. The van der Waals surface area contributed by atoms with Crippen LogP contribution in [0.5, 0.6) is 0 Å². The van der Waals surface area contributed by atoms with E-state index in [1.165, 1.54) is 0 Å². The van der Waals surface area contributed by atoms with Crippen molar-refractivity contribution < 1.29 is 14.4 Å². The lowest BCUT2D eigenvalue weighted by atomic mass is 9.84. The van der Waals surface area contributed by atoms with Crippen LogP contribution in [-0.2, 0) is 4.79 Å². The topological polar surface area (TPSA) is 90.5 Å². The van der Waals surface area contributed by atoms with Crippen molar-refractivity contribution in [1.29, 1.82) is 0 Å². The Morgan fingerprint density at radius 1 is 0.871 bits per heavy atom. The molecule has 2 fully saturated rings. The molecule has 4 rings (SSSR count). The second-order valence-corrected chi connectivity index (χ2v) is 8.21. The number of carbonyl (C=O) groups excluding carboxylic acids is 3. The summed E-state index contributed by atoms with van der Waals surface area (Å²) in [6.45, 7) is 0. The maximum absolute atomic E-state index is 13.3. The van der Waals surface area contributed by atoms with Crippen molar-refractivity contribution in [2.24, 2.45) is 5.92 Å². The predicted octanol–water partition coefficient (Wildman–Crippen LogP) is 3.85. The van der Waals surface area contributed by atoms with Gasteiger partial charge in [-0.3, -0.25) is 9.59 Å². The van der Waals surface area contributed by atoms with Gasteiger partial charge in [-0.05, 0) is 61.6 Å². The highest BCUT2D eigenvalue weighted by Crippen LogP contribution is 2.40. The molecule has 0 radical (unpaired) electrons. The third-order valence-electron chi connectivity index (χ3n) is 6.28. The molecule has 3 atom stereocenters. The van der Waals surface area contributed by atoms with Gasteiger partial charge in [-0.15, -0.1) is 0 Å². The largest absolute Gasteiger partial charge is 0.341 e. The Hall–Kier alpha value is -3.35. The Kier molecular flexibility index (Phi) is 6.21. The Bertz CT molecular complexity index is 945. The van der Waals surface area contributed by atoms with E-state index in [2.05, 4.69) is 16.0 Å². The summed E-state index contributed by atoms with van der Waals surface area (Å²) in [4.78, 5) is 39.8. The predicted molar refractivity (Wildman–Crippen MR) is 120 cm³/mol. The number of fused-ring (bicyclic) bond motifs is 1. The minimum atomic E-state index is -0.482. The quantitative estimate of drug-likeness (QED) is 0.702. The van der Waals surface area contributed by atoms with E-state index in [-0.39, 0.29) is 23.9 Å². The van der Waals surface area contributed by atoms with Crippen molar-refractivity contribution in [2.75, 3.05) is 17.7 Å². The fourth-order valence-corrected chi connectivity index (χ4v) is 4.77. The minimum absolute atomic E-state index is 0.0692. The molecule has 4 amide bonds. The monoisotopic (exact) mass is 420 g/mol. The molecule has 7 nitrogen and oxygen atoms in total.